The normalized spacial score (nSPS) is 39.3. The molecule has 1 aliphatic heterocycles. The Kier molecular flexibility index (Phi) is 5.80. The standard InChI is InChI=1S/C27H35NO6/c1-26-13-11-17(29)15-16(26)3-4-18-19-5-6-21(27(19,2)14-12-20(18)26)34-25(33)10-9-24(32)28-22(30)7-8-23(28)31/h15,18-21H,3-14H2,1-2H3. The van der Waals surface area contributed by atoms with Gasteiger partial charge >= 0.3 is 5.97 Å². The van der Waals surface area contributed by atoms with Gasteiger partial charge in [-0.1, -0.05) is 19.4 Å². The molecule has 0 aromatic carbocycles. The third-order valence-electron chi connectivity index (χ3n) is 9.99. The van der Waals surface area contributed by atoms with Gasteiger partial charge in [0.15, 0.2) is 5.78 Å². The summed E-state index contributed by atoms with van der Waals surface area (Å²) >= 11 is 0. The first-order valence-electron chi connectivity index (χ1n) is 13.0. The van der Waals surface area contributed by atoms with E-state index in [1.807, 2.05) is 6.08 Å². The zero-order valence-electron chi connectivity index (χ0n) is 20.3. The van der Waals surface area contributed by atoms with E-state index >= 15 is 0 Å². The molecule has 0 aromatic heterocycles. The van der Waals surface area contributed by atoms with Gasteiger partial charge in [0.05, 0.1) is 6.42 Å². The van der Waals surface area contributed by atoms with Crippen LogP contribution in [-0.2, 0) is 28.7 Å². The van der Waals surface area contributed by atoms with Crippen molar-refractivity contribution >= 4 is 29.5 Å². The molecule has 1 saturated heterocycles. The number of hydrogen-bond acceptors (Lipinski definition) is 6. The molecule has 4 aliphatic carbocycles. The predicted molar refractivity (Wildman–Crippen MR) is 122 cm³/mol. The Bertz CT molecular complexity index is 968. The quantitative estimate of drug-likeness (QED) is 0.458. The third-order valence-corrected chi connectivity index (χ3v) is 9.99. The summed E-state index contributed by atoms with van der Waals surface area (Å²) < 4.78 is 5.94. The molecule has 0 N–H and O–H groups in total. The van der Waals surface area contributed by atoms with Crippen molar-refractivity contribution in [2.45, 2.75) is 97.0 Å². The second kappa shape index (κ2) is 8.42. The Morgan fingerprint density at radius 1 is 0.912 bits per heavy atom. The number of amides is 3. The Morgan fingerprint density at radius 2 is 1.65 bits per heavy atom. The van der Waals surface area contributed by atoms with Crippen LogP contribution in [0.3, 0.4) is 0 Å². The van der Waals surface area contributed by atoms with E-state index in [2.05, 4.69) is 13.8 Å². The summed E-state index contributed by atoms with van der Waals surface area (Å²) in [6.07, 6.45) is 9.28. The SMILES string of the molecule is CC12CCC(=O)C=C1CCC1C2CCC2(C)C(OC(=O)CCC(=O)N3C(=O)CCC3=O)CCC12. The summed E-state index contributed by atoms with van der Waals surface area (Å²) in [5.74, 6) is -0.0369. The number of esters is 1. The van der Waals surface area contributed by atoms with E-state index in [1.165, 1.54) is 5.57 Å². The highest BCUT2D eigenvalue weighted by molar-refractivity contribution is 6.15. The van der Waals surface area contributed by atoms with E-state index in [0.717, 1.165) is 44.9 Å². The number of imide groups is 3. The topological polar surface area (TPSA) is 97.8 Å². The number of allylic oxidation sites excluding steroid dienone is 1. The zero-order chi connectivity index (χ0) is 24.3. The highest BCUT2D eigenvalue weighted by Crippen LogP contribution is 2.65. The Hall–Kier alpha value is -2.31. The molecule has 3 saturated carbocycles. The number of ketones is 1. The van der Waals surface area contributed by atoms with Gasteiger partial charge in [-0.25, -0.2) is 4.90 Å². The highest BCUT2D eigenvalue weighted by Gasteiger charge is 2.60. The lowest BCUT2D eigenvalue weighted by atomic mass is 9.47. The Balaban J connectivity index is 1.22. The van der Waals surface area contributed by atoms with Gasteiger partial charge in [-0.2, -0.15) is 0 Å². The van der Waals surface area contributed by atoms with E-state index in [-0.39, 0.29) is 48.4 Å². The van der Waals surface area contributed by atoms with E-state index in [4.69, 9.17) is 4.74 Å². The van der Waals surface area contributed by atoms with Crippen molar-refractivity contribution in [1.29, 1.82) is 0 Å². The minimum absolute atomic E-state index is 0.0611. The second-order valence-electron chi connectivity index (χ2n) is 11.6. The van der Waals surface area contributed by atoms with Gasteiger partial charge in [0.25, 0.3) is 0 Å². The lowest BCUT2D eigenvalue weighted by Crippen LogP contribution is -2.51. The molecule has 5 rings (SSSR count). The number of rotatable bonds is 4. The molecular weight excluding hydrogens is 434 g/mol. The average Bonchev–Trinajstić information content (AvgIpc) is 3.31. The summed E-state index contributed by atoms with van der Waals surface area (Å²) in [4.78, 5) is 61.1. The number of carbonyl (C=O) groups excluding carboxylic acids is 5. The highest BCUT2D eigenvalue weighted by atomic mass is 16.5. The molecule has 5 aliphatic rings. The number of fused-ring (bicyclic) bond motifs is 5. The monoisotopic (exact) mass is 469 g/mol. The van der Waals surface area contributed by atoms with Gasteiger partial charge in [-0.15, -0.1) is 0 Å². The summed E-state index contributed by atoms with van der Waals surface area (Å²) in [6.45, 7) is 4.63. The van der Waals surface area contributed by atoms with E-state index in [1.54, 1.807) is 0 Å². The van der Waals surface area contributed by atoms with Crippen molar-refractivity contribution in [3.63, 3.8) is 0 Å². The maximum absolute atomic E-state index is 12.6. The Morgan fingerprint density at radius 3 is 2.38 bits per heavy atom. The molecular formula is C27H35NO6. The van der Waals surface area contributed by atoms with Crippen molar-refractivity contribution in [1.82, 2.24) is 4.90 Å². The first kappa shape index (κ1) is 23.4. The van der Waals surface area contributed by atoms with Crippen molar-refractivity contribution in [3.05, 3.63) is 11.6 Å². The van der Waals surface area contributed by atoms with Gasteiger partial charge in [-0.3, -0.25) is 24.0 Å². The smallest absolute Gasteiger partial charge is 0.306 e. The zero-order valence-corrected chi connectivity index (χ0v) is 20.3. The fourth-order valence-corrected chi connectivity index (χ4v) is 8.10. The van der Waals surface area contributed by atoms with Crippen LogP contribution < -0.4 is 0 Å². The van der Waals surface area contributed by atoms with Crippen LogP contribution in [-0.4, -0.2) is 40.5 Å². The van der Waals surface area contributed by atoms with Crippen LogP contribution in [0.1, 0.15) is 90.9 Å². The average molecular weight is 470 g/mol. The molecule has 1 heterocycles. The molecule has 0 radical (unpaired) electrons. The fourth-order valence-electron chi connectivity index (χ4n) is 8.10. The number of ether oxygens (including phenoxy) is 1. The summed E-state index contributed by atoms with van der Waals surface area (Å²) in [7, 11) is 0. The number of hydrogen-bond donors (Lipinski definition) is 0. The minimum atomic E-state index is -0.606. The van der Waals surface area contributed by atoms with Crippen LogP contribution in [0, 0.1) is 28.6 Å². The van der Waals surface area contributed by atoms with Crippen molar-refractivity contribution in [2.24, 2.45) is 28.6 Å². The summed E-state index contributed by atoms with van der Waals surface area (Å²) in [6, 6.07) is 0. The lowest BCUT2D eigenvalue weighted by Gasteiger charge is -2.57. The number of nitrogens with zero attached hydrogens (tertiary/aromatic N) is 1. The van der Waals surface area contributed by atoms with Crippen LogP contribution in [0.5, 0.6) is 0 Å². The molecule has 0 spiro atoms. The molecule has 34 heavy (non-hydrogen) atoms. The van der Waals surface area contributed by atoms with Crippen LogP contribution in [0.2, 0.25) is 0 Å². The molecule has 6 atom stereocenters. The minimum Gasteiger partial charge on any atom is -0.462 e. The van der Waals surface area contributed by atoms with E-state index in [0.29, 0.717) is 29.1 Å². The first-order valence-corrected chi connectivity index (χ1v) is 13.0. The van der Waals surface area contributed by atoms with Crippen LogP contribution >= 0.6 is 0 Å². The van der Waals surface area contributed by atoms with Gasteiger partial charge in [0.2, 0.25) is 17.7 Å². The van der Waals surface area contributed by atoms with Crippen LogP contribution in [0.15, 0.2) is 11.6 Å². The number of likely N-dealkylation sites (tertiary alicyclic amines) is 1. The van der Waals surface area contributed by atoms with E-state index in [9.17, 15) is 24.0 Å². The fraction of sp³-hybridized carbons (Fsp3) is 0.741. The maximum Gasteiger partial charge on any atom is 0.306 e. The second-order valence-corrected chi connectivity index (χ2v) is 11.6. The van der Waals surface area contributed by atoms with Gasteiger partial charge in [0.1, 0.15) is 6.10 Å². The van der Waals surface area contributed by atoms with Crippen molar-refractivity contribution in [2.75, 3.05) is 0 Å². The van der Waals surface area contributed by atoms with Gasteiger partial charge < -0.3 is 4.74 Å². The van der Waals surface area contributed by atoms with Crippen LogP contribution in [0.4, 0.5) is 0 Å². The van der Waals surface area contributed by atoms with Crippen LogP contribution in [0.25, 0.3) is 0 Å². The maximum atomic E-state index is 12.6. The molecule has 4 fully saturated rings. The molecule has 7 heteroatoms. The Labute approximate surface area is 200 Å². The molecule has 6 unspecified atom stereocenters. The predicted octanol–water partition coefficient (Wildman–Crippen LogP) is 3.89. The summed E-state index contributed by atoms with van der Waals surface area (Å²) in [5.41, 5.74) is 1.41. The number of carbonyl (C=O) groups is 5. The third kappa shape index (κ3) is 3.66. The molecule has 0 aromatic rings. The molecule has 184 valence electrons. The van der Waals surface area contributed by atoms with Crippen molar-refractivity contribution in [3.8, 4) is 0 Å². The van der Waals surface area contributed by atoms with Crippen molar-refractivity contribution < 1.29 is 28.7 Å². The molecule has 7 nitrogen and oxygen atoms in total. The van der Waals surface area contributed by atoms with E-state index < -0.39 is 23.7 Å². The lowest BCUT2D eigenvalue weighted by molar-refractivity contribution is -0.162. The van der Waals surface area contributed by atoms with Gasteiger partial charge in [-0.05, 0) is 74.2 Å². The molecule has 0 bridgehead atoms. The summed E-state index contributed by atoms with van der Waals surface area (Å²) in [5, 5.41) is 0. The van der Waals surface area contributed by atoms with Gasteiger partial charge in [0, 0.05) is 31.1 Å². The first-order chi connectivity index (χ1) is 16.1. The molecule has 3 amide bonds. The largest absolute Gasteiger partial charge is 0.462 e.